The van der Waals surface area contributed by atoms with Crippen molar-refractivity contribution in [2.45, 2.75) is 26.7 Å². The first-order valence-electron chi connectivity index (χ1n) is 2.96. The highest BCUT2D eigenvalue weighted by Crippen LogP contribution is 1.85. The summed E-state index contributed by atoms with van der Waals surface area (Å²) in [7, 11) is 0. The predicted octanol–water partition coefficient (Wildman–Crippen LogP) is 1.56. The Bertz CT molecular complexity index is 23.4. The van der Waals surface area contributed by atoms with Crippen LogP contribution in [0.5, 0.6) is 0 Å². The van der Waals surface area contributed by atoms with Crippen LogP contribution in [0.1, 0.15) is 26.7 Å². The molecule has 0 heterocycles. The zero-order valence-corrected chi connectivity index (χ0v) is 5.20. The van der Waals surface area contributed by atoms with E-state index in [0.717, 1.165) is 6.54 Å². The number of hydrogen-bond acceptors (Lipinski definition) is 1. The average molecular weight is 100 g/mol. The van der Waals surface area contributed by atoms with E-state index in [2.05, 4.69) is 25.7 Å². The van der Waals surface area contributed by atoms with Crippen LogP contribution < -0.4 is 5.32 Å². The molecule has 0 aliphatic rings. The van der Waals surface area contributed by atoms with Gasteiger partial charge >= 0.3 is 0 Å². The van der Waals surface area contributed by atoms with Crippen LogP contribution in [0.3, 0.4) is 0 Å². The van der Waals surface area contributed by atoms with Crippen LogP contribution in [0.4, 0.5) is 0 Å². The highest BCUT2D eigenvalue weighted by Gasteiger charge is 1.65. The Morgan fingerprint density at radius 2 is 2.14 bits per heavy atom. The highest BCUT2D eigenvalue weighted by atomic mass is 14.8. The molecule has 0 saturated carbocycles. The molecule has 0 aromatic heterocycles. The molecule has 0 aliphatic carbocycles. The third-order valence-electron chi connectivity index (χ3n) is 0.781. The smallest absolute Gasteiger partial charge is 0.0354 e. The molecule has 0 aromatic carbocycles. The van der Waals surface area contributed by atoms with Crippen LogP contribution in [0.25, 0.3) is 0 Å². The van der Waals surface area contributed by atoms with Gasteiger partial charge in [0.05, 0.1) is 0 Å². The largest absolute Gasteiger partial charge is 0.470 e. The van der Waals surface area contributed by atoms with Crippen molar-refractivity contribution in [2.75, 3.05) is 6.54 Å². The molecule has 0 amide bonds. The summed E-state index contributed by atoms with van der Waals surface area (Å²) >= 11 is 0. The fourth-order valence-corrected chi connectivity index (χ4v) is 0.391. The quantitative estimate of drug-likeness (QED) is 0.417. The molecule has 1 nitrogen and oxygen atoms in total. The van der Waals surface area contributed by atoms with Crippen molar-refractivity contribution in [3.63, 3.8) is 0 Å². The van der Waals surface area contributed by atoms with Gasteiger partial charge in [-0.3, -0.25) is 6.54 Å². The Morgan fingerprint density at radius 1 is 1.43 bits per heavy atom. The maximum absolute atomic E-state index is 3.12. The van der Waals surface area contributed by atoms with E-state index in [-0.39, 0.29) is 0 Å². The van der Waals surface area contributed by atoms with Gasteiger partial charge in [0.25, 0.3) is 0 Å². The Kier molecular flexibility index (Phi) is 5.93. The molecule has 0 bridgehead atoms. The molecule has 0 radical (unpaired) electrons. The number of hydrogen-bond donors (Lipinski definition) is 1. The Labute approximate surface area is 46.1 Å². The van der Waals surface area contributed by atoms with E-state index >= 15 is 0 Å². The Morgan fingerprint density at radius 3 is 2.57 bits per heavy atom. The van der Waals surface area contributed by atoms with Crippen LogP contribution in [0.15, 0.2) is 0 Å². The fourth-order valence-electron chi connectivity index (χ4n) is 0.391. The van der Waals surface area contributed by atoms with Crippen molar-refractivity contribution in [3.8, 4) is 0 Å². The molecule has 0 rings (SSSR count). The summed E-state index contributed by atoms with van der Waals surface area (Å²) in [4.78, 5) is 0. The molecular formula is C6H14N-. The zero-order valence-electron chi connectivity index (χ0n) is 5.20. The first-order chi connectivity index (χ1) is 3.41. The van der Waals surface area contributed by atoms with Crippen molar-refractivity contribution in [2.24, 2.45) is 0 Å². The molecule has 0 atom stereocenters. The van der Waals surface area contributed by atoms with Gasteiger partial charge < -0.3 is 5.32 Å². The van der Waals surface area contributed by atoms with Crippen LogP contribution >= 0.6 is 0 Å². The van der Waals surface area contributed by atoms with E-state index in [1.807, 2.05) is 0 Å². The normalized spacial score (nSPS) is 9.43. The lowest BCUT2D eigenvalue weighted by Gasteiger charge is -2.09. The molecular weight excluding hydrogens is 86.1 g/mol. The minimum Gasteiger partial charge on any atom is -0.470 e. The lowest BCUT2D eigenvalue weighted by atomic mass is 10.3. The van der Waals surface area contributed by atoms with Crippen LogP contribution in [0.2, 0.25) is 0 Å². The summed E-state index contributed by atoms with van der Waals surface area (Å²) < 4.78 is 0. The topological polar surface area (TPSA) is 12.0 Å². The van der Waals surface area contributed by atoms with Gasteiger partial charge in [0.15, 0.2) is 0 Å². The predicted molar refractivity (Wildman–Crippen MR) is 32.9 cm³/mol. The molecule has 0 aliphatic heterocycles. The lowest BCUT2D eigenvalue weighted by Crippen LogP contribution is -2.07. The molecule has 0 fully saturated rings. The molecule has 0 spiro atoms. The van der Waals surface area contributed by atoms with Crippen molar-refractivity contribution in [3.05, 3.63) is 6.54 Å². The molecule has 0 saturated heterocycles. The molecule has 1 N–H and O–H groups in total. The average Bonchev–Trinajstić information content (AvgIpc) is 1.69. The maximum Gasteiger partial charge on any atom is -0.0354 e. The van der Waals surface area contributed by atoms with Crippen molar-refractivity contribution >= 4 is 0 Å². The van der Waals surface area contributed by atoms with E-state index in [1.54, 1.807) is 0 Å². The third-order valence-corrected chi connectivity index (χ3v) is 0.781. The monoisotopic (exact) mass is 100 g/mol. The summed E-state index contributed by atoms with van der Waals surface area (Å²) in [5.74, 6) is 0. The number of unbranched alkanes of at least 4 members (excludes halogenated alkanes) is 1. The lowest BCUT2D eigenvalue weighted by molar-refractivity contribution is 0.753. The van der Waals surface area contributed by atoms with Crippen molar-refractivity contribution in [1.82, 2.24) is 5.32 Å². The van der Waals surface area contributed by atoms with Gasteiger partial charge in [0.1, 0.15) is 0 Å². The second kappa shape index (κ2) is 5.96. The van der Waals surface area contributed by atoms with Gasteiger partial charge in [-0.1, -0.05) is 20.3 Å². The number of nitrogens with one attached hydrogen (secondary N) is 1. The van der Waals surface area contributed by atoms with E-state index in [0.29, 0.717) is 0 Å². The van der Waals surface area contributed by atoms with E-state index < -0.39 is 0 Å². The van der Waals surface area contributed by atoms with Gasteiger partial charge in [-0.2, -0.15) is 6.42 Å². The summed E-state index contributed by atoms with van der Waals surface area (Å²) in [5, 5.41) is 3.12. The second-order valence-corrected chi connectivity index (χ2v) is 1.55. The van der Waals surface area contributed by atoms with Gasteiger partial charge in [0, 0.05) is 0 Å². The van der Waals surface area contributed by atoms with Gasteiger partial charge in [-0.25, -0.2) is 0 Å². The van der Waals surface area contributed by atoms with Gasteiger partial charge in [-0.15, -0.1) is 0 Å². The summed E-state index contributed by atoms with van der Waals surface area (Å²) in [6, 6.07) is 0. The van der Waals surface area contributed by atoms with Crippen LogP contribution in [-0.2, 0) is 0 Å². The van der Waals surface area contributed by atoms with E-state index in [4.69, 9.17) is 0 Å². The minimum absolute atomic E-state index is 1.06. The van der Waals surface area contributed by atoms with Gasteiger partial charge in [0.2, 0.25) is 0 Å². The standard InChI is InChI=1S/C6H14N/c1-3-5-6-7-4-2/h6-7H,3-5H2,1-2H3/q-1. The first kappa shape index (κ1) is 6.96. The number of rotatable bonds is 4. The molecule has 0 aromatic rings. The van der Waals surface area contributed by atoms with E-state index in [9.17, 15) is 0 Å². The van der Waals surface area contributed by atoms with Crippen molar-refractivity contribution in [1.29, 1.82) is 0 Å². The zero-order chi connectivity index (χ0) is 5.54. The highest BCUT2D eigenvalue weighted by molar-refractivity contribution is 4.56. The minimum atomic E-state index is 1.06. The fraction of sp³-hybridized carbons (Fsp3) is 0.833. The van der Waals surface area contributed by atoms with Crippen LogP contribution in [-0.4, -0.2) is 6.54 Å². The van der Waals surface area contributed by atoms with Crippen LogP contribution in [0, 0.1) is 6.54 Å². The Balaban J connectivity index is 2.45. The van der Waals surface area contributed by atoms with Crippen molar-refractivity contribution < 1.29 is 0 Å². The SMILES string of the molecule is CCC[CH-]NCC. The second-order valence-electron chi connectivity index (χ2n) is 1.55. The van der Waals surface area contributed by atoms with Gasteiger partial charge in [-0.05, 0) is 6.54 Å². The summed E-state index contributed by atoms with van der Waals surface area (Å²) in [6.07, 6.45) is 2.43. The summed E-state index contributed by atoms with van der Waals surface area (Å²) in [5.41, 5.74) is 0. The van der Waals surface area contributed by atoms with E-state index in [1.165, 1.54) is 12.8 Å². The third kappa shape index (κ3) is 5.96. The maximum atomic E-state index is 3.12. The molecule has 0 unspecified atom stereocenters. The first-order valence-corrected chi connectivity index (χ1v) is 2.96. The molecule has 44 valence electrons. The summed E-state index contributed by atoms with van der Waals surface area (Å²) in [6.45, 7) is 7.44. The Hall–Kier alpha value is -0.0400. The molecule has 1 heteroatoms. The molecule has 7 heavy (non-hydrogen) atoms.